The lowest BCUT2D eigenvalue weighted by Crippen LogP contribution is -2.49. The Morgan fingerprint density at radius 2 is 1.56 bits per heavy atom. The Morgan fingerprint density at radius 1 is 0.920 bits per heavy atom. The molecule has 1 amide bonds. The van der Waals surface area contributed by atoms with Crippen molar-refractivity contribution in [3.63, 3.8) is 0 Å². The average Bonchev–Trinajstić information content (AvgIpc) is 2.65. The molecule has 1 fully saturated rings. The number of carbonyl (C=O) groups is 1. The lowest BCUT2D eigenvalue weighted by atomic mass is 10.1. The predicted octanol–water partition coefficient (Wildman–Crippen LogP) is 3.45. The highest BCUT2D eigenvalue weighted by Gasteiger charge is 2.20. The second-order valence-corrected chi connectivity index (χ2v) is 6.65. The molecule has 0 spiro atoms. The first-order valence-corrected chi connectivity index (χ1v) is 9.03. The largest absolute Gasteiger partial charge is 0.384 e. The lowest BCUT2D eigenvalue weighted by molar-refractivity contribution is -0.131. The predicted molar refractivity (Wildman–Crippen MR) is 104 cm³/mol. The van der Waals surface area contributed by atoms with Crippen molar-refractivity contribution in [1.29, 1.82) is 0 Å². The maximum Gasteiger partial charge on any atom is 0.224 e. The summed E-state index contributed by atoms with van der Waals surface area (Å²) in [5.41, 5.74) is 4.85. The molecule has 25 heavy (non-hydrogen) atoms. The van der Waals surface area contributed by atoms with E-state index in [0.29, 0.717) is 13.0 Å². The van der Waals surface area contributed by atoms with Gasteiger partial charge in [0.2, 0.25) is 5.91 Å². The molecule has 2 aromatic rings. The Kier molecular flexibility index (Phi) is 5.59. The van der Waals surface area contributed by atoms with Crippen molar-refractivity contribution < 1.29 is 4.79 Å². The van der Waals surface area contributed by atoms with Gasteiger partial charge in [0, 0.05) is 50.5 Å². The summed E-state index contributed by atoms with van der Waals surface area (Å²) in [5, 5.41) is 3.43. The summed E-state index contributed by atoms with van der Waals surface area (Å²) in [7, 11) is 0. The van der Waals surface area contributed by atoms with E-state index < -0.39 is 0 Å². The molecular weight excluding hydrogens is 310 g/mol. The number of hydrogen-bond acceptors (Lipinski definition) is 3. The third-order valence-electron chi connectivity index (χ3n) is 4.88. The lowest BCUT2D eigenvalue weighted by Gasteiger charge is -2.36. The van der Waals surface area contributed by atoms with Gasteiger partial charge in [-0.2, -0.15) is 0 Å². The molecule has 0 atom stereocenters. The van der Waals surface area contributed by atoms with Crippen molar-refractivity contribution in [2.75, 3.05) is 42.9 Å². The molecule has 0 bridgehead atoms. The highest BCUT2D eigenvalue weighted by molar-refractivity contribution is 5.77. The second-order valence-electron chi connectivity index (χ2n) is 6.65. The molecule has 3 rings (SSSR count). The summed E-state index contributed by atoms with van der Waals surface area (Å²) in [6.07, 6.45) is 0.541. The van der Waals surface area contributed by atoms with Gasteiger partial charge in [0.25, 0.3) is 0 Å². The smallest absolute Gasteiger partial charge is 0.224 e. The fourth-order valence-electron chi connectivity index (χ4n) is 3.40. The van der Waals surface area contributed by atoms with E-state index in [1.54, 1.807) is 0 Å². The molecular formula is C21H27N3O. The maximum atomic E-state index is 12.5. The van der Waals surface area contributed by atoms with Gasteiger partial charge in [-0.05, 0) is 37.1 Å². The molecule has 2 aromatic carbocycles. The van der Waals surface area contributed by atoms with E-state index in [-0.39, 0.29) is 5.91 Å². The monoisotopic (exact) mass is 337 g/mol. The molecule has 4 heteroatoms. The molecule has 1 N–H and O–H groups in total. The van der Waals surface area contributed by atoms with Gasteiger partial charge in [-0.25, -0.2) is 0 Å². The Balaban J connectivity index is 1.45. The van der Waals surface area contributed by atoms with Crippen LogP contribution in [0.4, 0.5) is 11.4 Å². The van der Waals surface area contributed by atoms with Crippen molar-refractivity contribution in [2.24, 2.45) is 0 Å². The van der Waals surface area contributed by atoms with Crippen LogP contribution in [-0.4, -0.2) is 43.5 Å². The van der Waals surface area contributed by atoms with Crippen LogP contribution in [0.3, 0.4) is 0 Å². The molecule has 4 nitrogen and oxygen atoms in total. The number of rotatable bonds is 5. The maximum absolute atomic E-state index is 12.5. The van der Waals surface area contributed by atoms with Crippen LogP contribution in [0.25, 0.3) is 0 Å². The van der Waals surface area contributed by atoms with Gasteiger partial charge in [-0.15, -0.1) is 0 Å². The molecule has 0 aliphatic carbocycles. The van der Waals surface area contributed by atoms with E-state index in [0.717, 1.165) is 31.9 Å². The minimum Gasteiger partial charge on any atom is -0.384 e. The summed E-state index contributed by atoms with van der Waals surface area (Å²) < 4.78 is 0. The molecule has 0 aromatic heterocycles. The quantitative estimate of drug-likeness (QED) is 0.908. The topological polar surface area (TPSA) is 35.6 Å². The Bertz CT molecular complexity index is 686. The first-order valence-electron chi connectivity index (χ1n) is 9.03. The van der Waals surface area contributed by atoms with Crippen LogP contribution in [0.2, 0.25) is 0 Å². The van der Waals surface area contributed by atoms with Gasteiger partial charge >= 0.3 is 0 Å². The summed E-state index contributed by atoms with van der Waals surface area (Å²) in [6, 6.07) is 16.7. The van der Waals surface area contributed by atoms with Crippen molar-refractivity contribution in [3.05, 3.63) is 59.7 Å². The molecule has 1 heterocycles. The van der Waals surface area contributed by atoms with Crippen molar-refractivity contribution >= 4 is 17.3 Å². The zero-order valence-corrected chi connectivity index (χ0v) is 15.2. The first-order chi connectivity index (χ1) is 12.1. The number of amides is 1. The normalized spacial score (nSPS) is 14.5. The highest BCUT2D eigenvalue weighted by atomic mass is 16.2. The Labute approximate surface area is 150 Å². The van der Waals surface area contributed by atoms with Crippen LogP contribution in [-0.2, 0) is 4.79 Å². The Hall–Kier alpha value is -2.49. The number of nitrogens with one attached hydrogen (secondary N) is 1. The Morgan fingerprint density at radius 3 is 2.20 bits per heavy atom. The van der Waals surface area contributed by atoms with Gasteiger partial charge in [0.05, 0.1) is 0 Å². The molecule has 1 aliphatic rings. The van der Waals surface area contributed by atoms with Gasteiger partial charge in [0.15, 0.2) is 0 Å². The number of hydrogen-bond donors (Lipinski definition) is 1. The minimum atomic E-state index is 0.242. The zero-order chi connectivity index (χ0) is 17.6. The standard InChI is InChI=1S/C21H27N3O/c1-17-7-6-8-18(2)21(17)22-12-11-20(25)24-15-13-23(14-16-24)19-9-4-3-5-10-19/h3-10,22H,11-16H2,1-2H3. The number of benzene rings is 2. The van der Waals surface area contributed by atoms with Crippen LogP contribution in [0.15, 0.2) is 48.5 Å². The van der Waals surface area contributed by atoms with Gasteiger partial charge < -0.3 is 15.1 Å². The van der Waals surface area contributed by atoms with Crippen molar-refractivity contribution in [1.82, 2.24) is 4.90 Å². The first kappa shape index (κ1) is 17.3. The summed E-state index contributed by atoms with van der Waals surface area (Å²) in [4.78, 5) is 16.8. The van der Waals surface area contributed by atoms with Gasteiger partial charge in [-0.3, -0.25) is 4.79 Å². The van der Waals surface area contributed by atoms with Crippen LogP contribution in [0, 0.1) is 13.8 Å². The number of aryl methyl sites for hydroxylation is 2. The van der Waals surface area contributed by atoms with E-state index >= 15 is 0 Å². The fraction of sp³-hybridized carbons (Fsp3) is 0.381. The molecule has 132 valence electrons. The zero-order valence-electron chi connectivity index (χ0n) is 15.2. The van der Waals surface area contributed by atoms with E-state index in [1.165, 1.54) is 16.8 Å². The molecule has 0 unspecified atom stereocenters. The average molecular weight is 337 g/mol. The van der Waals surface area contributed by atoms with Crippen LogP contribution >= 0.6 is 0 Å². The van der Waals surface area contributed by atoms with Gasteiger partial charge in [0.1, 0.15) is 0 Å². The van der Waals surface area contributed by atoms with Crippen LogP contribution in [0.1, 0.15) is 17.5 Å². The third-order valence-corrected chi connectivity index (χ3v) is 4.88. The van der Waals surface area contributed by atoms with Crippen molar-refractivity contribution in [2.45, 2.75) is 20.3 Å². The SMILES string of the molecule is Cc1cccc(C)c1NCCC(=O)N1CCN(c2ccccc2)CC1. The van der Waals surface area contributed by atoms with E-state index in [9.17, 15) is 4.79 Å². The number of anilines is 2. The van der Waals surface area contributed by atoms with E-state index in [2.05, 4.69) is 66.5 Å². The minimum absolute atomic E-state index is 0.242. The fourth-order valence-corrected chi connectivity index (χ4v) is 3.40. The highest BCUT2D eigenvalue weighted by Crippen LogP contribution is 2.19. The number of para-hydroxylation sites is 2. The van der Waals surface area contributed by atoms with E-state index in [1.807, 2.05) is 11.0 Å². The molecule has 0 radical (unpaired) electrons. The van der Waals surface area contributed by atoms with Crippen LogP contribution in [0.5, 0.6) is 0 Å². The molecule has 1 aliphatic heterocycles. The number of carbonyl (C=O) groups excluding carboxylic acids is 1. The molecule has 0 saturated carbocycles. The van der Waals surface area contributed by atoms with Crippen LogP contribution < -0.4 is 10.2 Å². The summed E-state index contributed by atoms with van der Waals surface area (Å²) >= 11 is 0. The molecule has 1 saturated heterocycles. The number of nitrogens with zero attached hydrogens (tertiary/aromatic N) is 2. The second kappa shape index (κ2) is 8.06. The third kappa shape index (κ3) is 4.32. The summed E-state index contributed by atoms with van der Waals surface area (Å²) in [5.74, 6) is 0.242. The number of piperazine rings is 1. The summed E-state index contributed by atoms with van der Waals surface area (Å²) in [6.45, 7) is 8.29. The van der Waals surface area contributed by atoms with Gasteiger partial charge in [-0.1, -0.05) is 36.4 Å². The van der Waals surface area contributed by atoms with Crippen molar-refractivity contribution in [3.8, 4) is 0 Å². The van der Waals surface area contributed by atoms with E-state index in [4.69, 9.17) is 0 Å².